The van der Waals surface area contributed by atoms with Crippen molar-refractivity contribution < 1.29 is 4.79 Å². The predicted octanol–water partition coefficient (Wildman–Crippen LogP) is 4.96. The molecule has 0 N–H and O–H groups in total. The van der Waals surface area contributed by atoms with E-state index >= 15 is 0 Å². The van der Waals surface area contributed by atoms with Crippen LogP contribution in [-0.2, 0) is 6.42 Å². The van der Waals surface area contributed by atoms with Gasteiger partial charge in [-0.3, -0.25) is 4.79 Å². The van der Waals surface area contributed by atoms with Gasteiger partial charge in [0.25, 0.3) is 0 Å². The third-order valence-electron chi connectivity index (χ3n) is 2.41. The molecule has 4 heteroatoms. The Morgan fingerprint density at radius 3 is 2.71 bits per heavy atom. The van der Waals surface area contributed by atoms with E-state index in [1.54, 1.807) is 12.1 Å². The zero-order valence-corrected chi connectivity index (χ0v) is 12.3. The van der Waals surface area contributed by atoms with Gasteiger partial charge in [-0.25, -0.2) is 0 Å². The van der Waals surface area contributed by atoms with Gasteiger partial charge in [-0.15, -0.1) is 11.3 Å². The van der Waals surface area contributed by atoms with Gasteiger partial charge >= 0.3 is 0 Å². The van der Waals surface area contributed by atoms with Gasteiger partial charge in [-0.2, -0.15) is 0 Å². The van der Waals surface area contributed by atoms with Gasteiger partial charge in [0.2, 0.25) is 5.78 Å². The first kappa shape index (κ1) is 12.8. The van der Waals surface area contributed by atoms with Crippen LogP contribution in [-0.4, -0.2) is 5.78 Å². The molecular formula is C13H10BrClOS. The number of carbonyl (C=O) groups is 1. The molecule has 2 aromatic rings. The number of aryl methyl sites for hydroxylation is 1. The molecule has 17 heavy (non-hydrogen) atoms. The number of hydrogen-bond donors (Lipinski definition) is 0. The smallest absolute Gasteiger partial charge is 0.204 e. The Labute approximate surface area is 118 Å². The second-order valence-electron chi connectivity index (χ2n) is 3.57. The first-order valence-electron chi connectivity index (χ1n) is 5.20. The van der Waals surface area contributed by atoms with Crippen molar-refractivity contribution in [3.63, 3.8) is 0 Å². The summed E-state index contributed by atoms with van der Waals surface area (Å²) in [5.74, 6) is -0.00722. The van der Waals surface area contributed by atoms with Gasteiger partial charge in [0.15, 0.2) is 0 Å². The van der Waals surface area contributed by atoms with E-state index < -0.39 is 0 Å². The van der Waals surface area contributed by atoms with E-state index in [4.69, 9.17) is 11.6 Å². The Bertz CT molecular complexity index is 562. The summed E-state index contributed by atoms with van der Waals surface area (Å²) in [5.41, 5.74) is 0.555. The molecule has 0 fully saturated rings. The SMILES string of the molecule is CCc1ccc(C(=O)c2ccc(Br)cc2Cl)s1. The first-order chi connectivity index (χ1) is 8.11. The van der Waals surface area contributed by atoms with E-state index in [-0.39, 0.29) is 5.78 Å². The van der Waals surface area contributed by atoms with E-state index in [0.717, 1.165) is 15.8 Å². The van der Waals surface area contributed by atoms with Gasteiger partial charge in [0.1, 0.15) is 0 Å². The molecule has 0 unspecified atom stereocenters. The standard InChI is InChI=1S/C13H10BrClOS/c1-2-9-4-6-12(17-9)13(16)10-5-3-8(14)7-11(10)15/h3-7H,2H2,1H3. The predicted molar refractivity (Wildman–Crippen MR) is 76.3 cm³/mol. The maximum absolute atomic E-state index is 12.2. The Kier molecular flexibility index (Phi) is 4.02. The minimum Gasteiger partial charge on any atom is -0.288 e. The van der Waals surface area contributed by atoms with E-state index in [2.05, 4.69) is 22.9 Å². The summed E-state index contributed by atoms with van der Waals surface area (Å²) in [4.78, 5) is 14.2. The number of thiophene rings is 1. The molecule has 0 aliphatic rings. The van der Waals surface area contributed by atoms with Crippen LogP contribution in [0.1, 0.15) is 27.0 Å². The Morgan fingerprint density at radius 1 is 1.35 bits per heavy atom. The maximum Gasteiger partial charge on any atom is 0.204 e. The summed E-state index contributed by atoms with van der Waals surface area (Å²) >= 11 is 10.9. The summed E-state index contributed by atoms with van der Waals surface area (Å²) in [6.45, 7) is 2.08. The van der Waals surface area contributed by atoms with Gasteiger partial charge in [-0.1, -0.05) is 34.5 Å². The van der Waals surface area contributed by atoms with E-state index in [1.807, 2.05) is 18.2 Å². The van der Waals surface area contributed by atoms with Gasteiger partial charge in [-0.05, 0) is 36.8 Å². The molecule has 0 atom stereocenters. The van der Waals surface area contributed by atoms with Crippen LogP contribution in [0, 0.1) is 0 Å². The fraction of sp³-hybridized carbons (Fsp3) is 0.154. The van der Waals surface area contributed by atoms with Crippen molar-refractivity contribution in [3.8, 4) is 0 Å². The summed E-state index contributed by atoms with van der Waals surface area (Å²) < 4.78 is 0.875. The van der Waals surface area contributed by atoms with Crippen LogP contribution in [0.2, 0.25) is 5.02 Å². The minimum absolute atomic E-state index is 0.00722. The fourth-order valence-corrected chi connectivity index (χ4v) is 3.16. The van der Waals surface area contributed by atoms with Crippen LogP contribution in [0.25, 0.3) is 0 Å². The van der Waals surface area contributed by atoms with Crippen LogP contribution in [0.4, 0.5) is 0 Å². The summed E-state index contributed by atoms with van der Waals surface area (Å²) in [6, 6.07) is 9.17. The van der Waals surface area contributed by atoms with Crippen LogP contribution >= 0.6 is 38.9 Å². The summed E-state index contributed by atoms with van der Waals surface area (Å²) in [7, 11) is 0. The van der Waals surface area contributed by atoms with Crippen molar-refractivity contribution >= 4 is 44.7 Å². The number of ketones is 1. The lowest BCUT2D eigenvalue weighted by molar-refractivity contribution is 0.104. The summed E-state index contributed by atoms with van der Waals surface area (Å²) in [6.07, 6.45) is 0.950. The molecule has 0 spiro atoms. The van der Waals surface area contributed by atoms with Crippen LogP contribution in [0.15, 0.2) is 34.8 Å². The van der Waals surface area contributed by atoms with Crippen molar-refractivity contribution in [2.24, 2.45) is 0 Å². The van der Waals surface area contributed by atoms with E-state index in [0.29, 0.717) is 10.6 Å². The monoisotopic (exact) mass is 328 g/mol. The third kappa shape index (κ3) is 2.79. The molecule has 0 aliphatic carbocycles. The second kappa shape index (κ2) is 5.34. The van der Waals surface area contributed by atoms with Crippen LogP contribution in [0.3, 0.4) is 0 Å². The molecule has 0 bridgehead atoms. The lowest BCUT2D eigenvalue weighted by atomic mass is 10.1. The molecule has 0 aliphatic heterocycles. The average Bonchev–Trinajstić information content (AvgIpc) is 2.76. The quantitative estimate of drug-likeness (QED) is 0.728. The number of benzene rings is 1. The molecule has 0 saturated heterocycles. The van der Waals surface area contributed by atoms with Crippen molar-refractivity contribution in [2.75, 3.05) is 0 Å². The lowest BCUT2D eigenvalue weighted by Gasteiger charge is -2.01. The maximum atomic E-state index is 12.2. The minimum atomic E-state index is -0.00722. The number of halogens is 2. The highest BCUT2D eigenvalue weighted by molar-refractivity contribution is 9.10. The van der Waals surface area contributed by atoms with Gasteiger partial charge < -0.3 is 0 Å². The zero-order chi connectivity index (χ0) is 12.4. The van der Waals surface area contributed by atoms with Crippen molar-refractivity contribution in [2.45, 2.75) is 13.3 Å². The van der Waals surface area contributed by atoms with E-state index in [9.17, 15) is 4.79 Å². The molecule has 0 amide bonds. The Morgan fingerprint density at radius 2 is 2.12 bits per heavy atom. The molecule has 1 heterocycles. The highest BCUT2D eigenvalue weighted by atomic mass is 79.9. The number of carbonyl (C=O) groups excluding carboxylic acids is 1. The molecule has 88 valence electrons. The van der Waals surface area contributed by atoms with Gasteiger partial charge in [0, 0.05) is 14.9 Å². The van der Waals surface area contributed by atoms with E-state index in [1.165, 1.54) is 16.2 Å². The highest BCUT2D eigenvalue weighted by Crippen LogP contribution is 2.26. The normalized spacial score (nSPS) is 10.5. The van der Waals surface area contributed by atoms with Crippen molar-refractivity contribution in [1.82, 2.24) is 0 Å². The molecule has 2 rings (SSSR count). The molecule has 0 radical (unpaired) electrons. The lowest BCUT2D eigenvalue weighted by Crippen LogP contribution is -1.99. The fourth-order valence-electron chi connectivity index (χ4n) is 1.50. The van der Waals surface area contributed by atoms with Crippen molar-refractivity contribution in [3.05, 3.63) is 55.1 Å². The topological polar surface area (TPSA) is 17.1 Å². The molecule has 0 saturated carbocycles. The zero-order valence-electron chi connectivity index (χ0n) is 9.17. The second-order valence-corrected chi connectivity index (χ2v) is 6.06. The molecule has 1 aromatic carbocycles. The summed E-state index contributed by atoms with van der Waals surface area (Å²) in [5, 5.41) is 0.482. The van der Waals surface area contributed by atoms with Crippen LogP contribution < -0.4 is 0 Å². The first-order valence-corrected chi connectivity index (χ1v) is 7.19. The van der Waals surface area contributed by atoms with Crippen LogP contribution in [0.5, 0.6) is 0 Å². The molecular weight excluding hydrogens is 320 g/mol. The number of hydrogen-bond acceptors (Lipinski definition) is 2. The van der Waals surface area contributed by atoms with Gasteiger partial charge in [0.05, 0.1) is 9.90 Å². The Hall–Kier alpha value is -0.640. The van der Waals surface area contributed by atoms with Crippen molar-refractivity contribution in [1.29, 1.82) is 0 Å². The average molecular weight is 330 g/mol. The molecule has 1 nitrogen and oxygen atoms in total. The highest BCUT2D eigenvalue weighted by Gasteiger charge is 2.14. The molecule has 1 aromatic heterocycles. The third-order valence-corrected chi connectivity index (χ3v) is 4.44. The largest absolute Gasteiger partial charge is 0.288 e. The number of rotatable bonds is 3. The Balaban J connectivity index is 2.36.